The normalized spacial score (nSPS) is 14.9. The Balaban J connectivity index is 1.31. The van der Waals surface area contributed by atoms with Crippen LogP contribution in [0.2, 0.25) is 0 Å². The van der Waals surface area contributed by atoms with Crippen molar-refractivity contribution in [1.29, 1.82) is 5.26 Å². The number of fused-ring (bicyclic) bond motifs is 1. The Morgan fingerprint density at radius 1 is 1.07 bits per heavy atom. The Morgan fingerprint density at radius 2 is 1.84 bits per heavy atom. The highest BCUT2D eigenvalue weighted by Gasteiger charge is 2.35. The second-order valence-electron chi connectivity index (χ2n) is 10.9. The summed E-state index contributed by atoms with van der Waals surface area (Å²) in [6, 6.07) is 6.83. The van der Waals surface area contributed by atoms with Gasteiger partial charge in [-0.15, -0.1) is 0 Å². The second kappa shape index (κ2) is 11.2. The number of aromatic nitrogens is 6. The minimum atomic E-state index is -4.53. The molecule has 3 aromatic heterocycles. The number of nitrogens with zero attached hydrogens (tertiary/aromatic N) is 8. The summed E-state index contributed by atoms with van der Waals surface area (Å²) in [5.41, 5.74) is 3.42. The van der Waals surface area contributed by atoms with Crippen molar-refractivity contribution < 1.29 is 22.6 Å². The van der Waals surface area contributed by atoms with Crippen LogP contribution < -0.4 is 9.47 Å². The average molecular weight is 591 g/mol. The van der Waals surface area contributed by atoms with Crippen LogP contribution in [0.15, 0.2) is 36.8 Å². The predicted molar refractivity (Wildman–Crippen MR) is 149 cm³/mol. The zero-order valence-electron chi connectivity index (χ0n) is 23.9. The highest BCUT2D eigenvalue weighted by atomic mass is 19.4. The van der Waals surface area contributed by atoms with Crippen LogP contribution in [-0.2, 0) is 25.7 Å². The summed E-state index contributed by atoms with van der Waals surface area (Å²) in [5, 5.41) is 9.53. The van der Waals surface area contributed by atoms with Crippen molar-refractivity contribution in [3.63, 3.8) is 0 Å². The molecule has 13 heteroatoms. The molecule has 6 rings (SSSR count). The van der Waals surface area contributed by atoms with Crippen molar-refractivity contribution in [1.82, 2.24) is 34.4 Å². The number of hydrogen-bond acceptors (Lipinski definition) is 9. The largest absolute Gasteiger partial charge is 0.480 e. The zero-order valence-corrected chi connectivity index (χ0v) is 23.9. The number of ether oxygens (including phenoxy) is 2. The van der Waals surface area contributed by atoms with Crippen molar-refractivity contribution in [3.05, 3.63) is 65.0 Å². The van der Waals surface area contributed by atoms with Crippen LogP contribution in [0.25, 0.3) is 22.8 Å². The molecule has 222 valence electrons. The van der Waals surface area contributed by atoms with Gasteiger partial charge < -0.3 is 18.9 Å². The molecule has 1 saturated carbocycles. The van der Waals surface area contributed by atoms with Gasteiger partial charge in [0.15, 0.2) is 17.7 Å². The Kier molecular flexibility index (Phi) is 7.37. The van der Waals surface area contributed by atoms with Gasteiger partial charge in [0, 0.05) is 36.7 Å². The van der Waals surface area contributed by atoms with Gasteiger partial charge in [0.2, 0.25) is 11.8 Å². The fourth-order valence-electron chi connectivity index (χ4n) is 5.15. The lowest BCUT2D eigenvalue weighted by atomic mass is 10.1. The molecule has 0 unspecified atom stereocenters. The third-order valence-electron chi connectivity index (χ3n) is 7.55. The van der Waals surface area contributed by atoms with Crippen LogP contribution in [-0.4, -0.2) is 48.0 Å². The monoisotopic (exact) mass is 590 g/mol. The van der Waals surface area contributed by atoms with E-state index in [4.69, 9.17) is 19.4 Å². The van der Waals surface area contributed by atoms with Gasteiger partial charge in [-0.25, -0.2) is 19.9 Å². The molecule has 0 atom stereocenters. The van der Waals surface area contributed by atoms with Crippen LogP contribution in [0.3, 0.4) is 0 Å². The number of methoxy groups -OCH3 is 1. The van der Waals surface area contributed by atoms with Crippen LogP contribution in [0.5, 0.6) is 11.8 Å². The molecule has 1 aliphatic heterocycles. The molecule has 0 N–H and O–H groups in total. The molecule has 43 heavy (non-hydrogen) atoms. The maximum absolute atomic E-state index is 13.4. The third kappa shape index (κ3) is 5.69. The number of nitriles is 1. The molecular formula is C30H29F3N8O2. The van der Waals surface area contributed by atoms with E-state index in [0.29, 0.717) is 54.1 Å². The van der Waals surface area contributed by atoms with Crippen molar-refractivity contribution >= 4 is 0 Å². The molecule has 1 aliphatic carbocycles. The number of hydrogen-bond donors (Lipinski definition) is 0. The van der Waals surface area contributed by atoms with Gasteiger partial charge in [-0.3, -0.25) is 0 Å². The summed E-state index contributed by atoms with van der Waals surface area (Å²) in [5.74, 6) is 1.69. The standard InChI is InChI=1S/C30H29F3N8O2/c1-17(2)41-13-23(30(31,32)33)38-27(41)20-6-4-18(5-7-20)14-43-28-21-12-40(15-34)11-10-22(21)37-26(39-28)24-25(19-8-9-19)35-16-36-29(24)42-3/h4-7,13,16-17,19H,8-12,14H2,1-3H3. The van der Waals surface area contributed by atoms with Gasteiger partial charge in [0.25, 0.3) is 0 Å². The lowest BCUT2D eigenvalue weighted by Gasteiger charge is -2.25. The Bertz CT molecular complexity index is 1690. The van der Waals surface area contributed by atoms with E-state index in [1.165, 1.54) is 10.9 Å². The summed E-state index contributed by atoms with van der Waals surface area (Å²) in [4.78, 5) is 24.0. The lowest BCUT2D eigenvalue weighted by molar-refractivity contribution is -0.140. The van der Waals surface area contributed by atoms with Gasteiger partial charge in [0.1, 0.15) is 24.3 Å². The molecule has 4 heterocycles. The molecule has 4 aromatic rings. The fourth-order valence-corrected chi connectivity index (χ4v) is 5.15. The number of alkyl halides is 3. The molecule has 0 amide bonds. The van der Waals surface area contributed by atoms with E-state index in [2.05, 4.69) is 21.1 Å². The SMILES string of the molecule is COc1ncnc(C2CC2)c1-c1nc2c(c(OCc3ccc(-c4nc(C(F)(F)F)cn4C(C)C)cc3)n1)CN(C#N)CC2. The highest BCUT2D eigenvalue weighted by Crippen LogP contribution is 2.45. The quantitative estimate of drug-likeness (QED) is 0.238. The lowest BCUT2D eigenvalue weighted by Crippen LogP contribution is -2.28. The molecule has 2 aliphatic rings. The summed E-state index contributed by atoms with van der Waals surface area (Å²) < 4.78 is 53.4. The first kappa shape index (κ1) is 28.4. The minimum absolute atomic E-state index is 0.139. The molecule has 0 bridgehead atoms. The van der Waals surface area contributed by atoms with E-state index >= 15 is 0 Å². The van der Waals surface area contributed by atoms with E-state index in [0.717, 1.165) is 41.6 Å². The van der Waals surface area contributed by atoms with E-state index < -0.39 is 11.9 Å². The maximum atomic E-state index is 13.4. The second-order valence-corrected chi connectivity index (χ2v) is 10.9. The van der Waals surface area contributed by atoms with Crippen molar-refractivity contribution in [2.24, 2.45) is 0 Å². The summed E-state index contributed by atoms with van der Waals surface area (Å²) >= 11 is 0. The molecular weight excluding hydrogens is 561 g/mol. The number of imidazole rings is 1. The summed E-state index contributed by atoms with van der Waals surface area (Å²) in [6.45, 7) is 4.60. The van der Waals surface area contributed by atoms with Gasteiger partial charge in [-0.1, -0.05) is 24.3 Å². The fraction of sp³-hybridized carbons (Fsp3) is 0.400. The first-order chi connectivity index (χ1) is 20.7. The molecule has 0 saturated heterocycles. The van der Waals surface area contributed by atoms with Crippen LogP contribution >= 0.6 is 0 Å². The van der Waals surface area contributed by atoms with Crippen LogP contribution in [0, 0.1) is 11.5 Å². The van der Waals surface area contributed by atoms with Gasteiger partial charge in [-0.2, -0.15) is 23.4 Å². The third-order valence-corrected chi connectivity index (χ3v) is 7.55. The van der Waals surface area contributed by atoms with E-state index in [1.54, 1.807) is 36.3 Å². The molecule has 10 nitrogen and oxygen atoms in total. The van der Waals surface area contributed by atoms with Crippen LogP contribution in [0.1, 0.15) is 66.9 Å². The minimum Gasteiger partial charge on any atom is -0.480 e. The van der Waals surface area contributed by atoms with Crippen molar-refractivity contribution in [2.45, 2.75) is 64.4 Å². The average Bonchev–Trinajstić information content (AvgIpc) is 3.75. The Morgan fingerprint density at radius 3 is 2.49 bits per heavy atom. The summed E-state index contributed by atoms with van der Waals surface area (Å²) in [7, 11) is 1.55. The van der Waals surface area contributed by atoms with Crippen LogP contribution in [0.4, 0.5) is 13.2 Å². The first-order valence-corrected chi connectivity index (χ1v) is 14.0. The summed E-state index contributed by atoms with van der Waals surface area (Å²) in [6.07, 6.45) is 2.76. The molecule has 1 fully saturated rings. The van der Waals surface area contributed by atoms with Gasteiger partial charge >= 0.3 is 6.18 Å². The smallest absolute Gasteiger partial charge is 0.434 e. The van der Waals surface area contributed by atoms with Gasteiger partial charge in [-0.05, 0) is 32.3 Å². The predicted octanol–water partition coefficient (Wildman–Crippen LogP) is 5.70. The maximum Gasteiger partial charge on any atom is 0.434 e. The van der Waals surface area contributed by atoms with E-state index in [1.807, 2.05) is 13.8 Å². The Hall–Kier alpha value is -4.73. The molecule has 0 radical (unpaired) electrons. The van der Waals surface area contributed by atoms with E-state index in [-0.39, 0.29) is 18.5 Å². The van der Waals surface area contributed by atoms with Gasteiger partial charge in [0.05, 0.1) is 30.6 Å². The highest BCUT2D eigenvalue weighted by molar-refractivity contribution is 5.67. The first-order valence-electron chi connectivity index (χ1n) is 14.0. The van der Waals surface area contributed by atoms with E-state index in [9.17, 15) is 18.4 Å². The Labute approximate surface area is 246 Å². The molecule has 1 aromatic carbocycles. The molecule has 0 spiro atoms. The number of benzene rings is 1. The van der Waals surface area contributed by atoms with Crippen molar-refractivity contribution in [3.8, 4) is 40.7 Å². The number of halogens is 3. The number of rotatable bonds is 8. The topological polar surface area (TPSA) is 115 Å². The zero-order chi connectivity index (χ0) is 30.3. The van der Waals surface area contributed by atoms with Crippen molar-refractivity contribution in [2.75, 3.05) is 13.7 Å².